The van der Waals surface area contributed by atoms with Crippen LogP contribution in [0.3, 0.4) is 0 Å². The Hall–Kier alpha value is -1.81. The third-order valence-electron chi connectivity index (χ3n) is 4.38. The molecule has 4 heteroatoms. The Bertz CT molecular complexity index is 555. The van der Waals surface area contributed by atoms with E-state index in [0.717, 1.165) is 18.6 Å². The van der Waals surface area contributed by atoms with Gasteiger partial charge in [-0.15, -0.1) is 0 Å². The molecule has 1 aromatic rings. The molecule has 4 atom stereocenters. The van der Waals surface area contributed by atoms with Crippen molar-refractivity contribution < 1.29 is 14.6 Å². The standard InChI is InChI=1S/C17H21NO3/c1-21-14-4-2-3-12(8-14)15-9-16(15)17(20)18-13-6-5-11(7-13)10-19/h2-6,8,11,13,15-16,19H,7,9-10H2,1H3,(H,18,20)/t11-,13+,15?,16?/m0/s1. The first-order valence-electron chi connectivity index (χ1n) is 7.44. The number of hydrogen-bond donors (Lipinski definition) is 2. The smallest absolute Gasteiger partial charge is 0.224 e. The van der Waals surface area contributed by atoms with Crippen LogP contribution in [0.15, 0.2) is 36.4 Å². The van der Waals surface area contributed by atoms with Crippen LogP contribution in [-0.2, 0) is 4.79 Å². The van der Waals surface area contributed by atoms with Crippen LogP contribution in [-0.4, -0.2) is 30.8 Å². The third kappa shape index (κ3) is 3.10. The van der Waals surface area contributed by atoms with Gasteiger partial charge in [0.25, 0.3) is 0 Å². The molecule has 0 aromatic heterocycles. The summed E-state index contributed by atoms with van der Waals surface area (Å²) in [5.41, 5.74) is 1.17. The van der Waals surface area contributed by atoms with Crippen molar-refractivity contribution in [3.63, 3.8) is 0 Å². The first kappa shape index (κ1) is 14.1. The van der Waals surface area contributed by atoms with Gasteiger partial charge in [-0.2, -0.15) is 0 Å². The molecule has 0 saturated heterocycles. The second-order valence-corrected chi connectivity index (χ2v) is 5.90. The molecule has 0 spiro atoms. The molecule has 4 nitrogen and oxygen atoms in total. The van der Waals surface area contributed by atoms with E-state index in [0.29, 0.717) is 5.92 Å². The summed E-state index contributed by atoms with van der Waals surface area (Å²) < 4.78 is 5.23. The molecule has 2 aliphatic rings. The van der Waals surface area contributed by atoms with E-state index in [1.807, 2.05) is 30.4 Å². The Kier molecular flexibility index (Phi) is 3.97. The van der Waals surface area contributed by atoms with E-state index in [2.05, 4.69) is 11.4 Å². The van der Waals surface area contributed by atoms with Crippen molar-refractivity contribution in [2.24, 2.45) is 11.8 Å². The molecular formula is C17H21NO3. The van der Waals surface area contributed by atoms with Crippen molar-refractivity contribution in [2.75, 3.05) is 13.7 Å². The maximum Gasteiger partial charge on any atom is 0.224 e. The van der Waals surface area contributed by atoms with Gasteiger partial charge in [0.1, 0.15) is 5.75 Å². The van der Waals surface area contributed by atoms with E-state index in [-0.39, 0.29) is 30.4 Å². The van der Waals surface area contributed by atoms with Crippen LogP contribution in [0.2, 0.25) is 0 Å². The van der Waals surface area contributed by atoms with Crippen LogP contribution in [0.5, 0.6) is 5.75 Å². The average molecular weight is 287 g/mol. The van der Waals surface area contributed by atoms with Crippen LogP contribution in [0.4, 0.5) is 0 Å². The maximum absolute atomic E-state index is 12.3. The topological polar surface area (TPSA) is 58.6 Å². The van der Waals surface area contributed by atoms with Crippen molar-refractivity contribution in [2.45, 2.75) is 24.8 Å². The second kappa shape index (κ2) is 5.90. The van der Waals surface area contributed by atoms with Gasteiger partial charge in [0.2, 0.25) is 5.91 Å². The van der Waals surface area contributed by atoms with Crippen LogP contribution in [0, 0.1) is 11.8 Å². The van der Waals surface area contributed by atoms with Gasteiger partial charge in [0, 0.05) is 24.5 Å². The molecule has 2 N–H and O–H groups in total. The van der Waals surface area contributed by atoms with Crippen molar-refractivity contribution in [1.82, 2.24) is 5.32 Å². The maximum atomic E-state index is 12.3. The van der Waals surface area contributed by atoms with Crippen molar-refractivity contribution in [3.8, 4) is 5.75 Å². The molecule has 1 aromatic carbocycles. The number of amides is 1. The third-order valence-corrected chi connectivity index (χ3v) is 4.38. The molecule has 0 aliphatic heterocycles. The van der Waals surface area contributed by atoms with Crippen LogP contribution >= 0.6 is 0 Å². The fourth-order valence-electron chi connectivity index (χ4n) is 3.03. The highest BCUT2D eigenvalue weighted by molar-refractivity contribution is 5.83. The van der Waals surface area contributed by atoms with Gasteiger partial charge >= 0.3 is 0 Å². The lowest BCUT2D eigenvalue weighted by Crippen LogP contribution is -2.34. The zero-order chi connectivity index (χ0) is 14.8. The quantitative estimate of drug-likeness (QED) is 0.813. The summed E-state index contributed by atoms with van der Waals surface area (Å²) in [6.07, 6.45) is 5.68. The number of ether oxygens (including phenoxy) is 1. The van der Waals surface area contributed by atoms with E-state index in [1.165, 1.54) is 5.56 Å². The Morgan fingerprint density at radius 3 is 2.95 bits per heavy atom. The van der Waals surface area contributed by atoms with Crippen molar-refractivity contribution >= 4 is 5.91 Å². The molecule has 3 rings (SSSR count). The Balaban J connectivity index is 1.55. The van der Waals surface area contributed by atoms with E-state index in [4.69, 9.17) is 9.84 Å². The number of rotatable bonds is 5. The lowest BCUT2D eigenvalue weighted by molar-refractivity contribution is -0.122. The number of methoxy groups -OCH3 is 1. The fraction of sp³-hybridized carbons (Fsp3) is 0.471. The lowest BCUT2D eigenvalue weighted by Gasteiger charge is -2.12. The zero-order valence-electron chi connectivity index (χ0n) is 12.2. The average Bonchev–Trinajstić information content (AvgIpc) is 3.20. The second-order valence-electron chi connectivity index (χ2n) is 5.90. The molecule has 1 saturated carbocycles. The highest BCUT2D eigenvalue weighted by Gasteiger charge is 2.44. The summed E-state index contributed by atoms with van der Waals surface area (Å²) in [5.74, 6) is 1.51. The monoisotopic (exact) mass is 287 g/mol. The highest BCUT2D eigenvalue weighted by Crippen LogP contribution is 2.48. The summed E-state index contributed by atoms with van der Waals surface area (Å²) in [4.78, 5) is 12.3. The molecule has 1 amide bonds. The Labute approximate surface area is 124 Å². The van der Waals surface area contributed by atoms with Crippen LogP contribution < -0.4 is 10.1 Å². The van der Waals surface area contributed by atoms with Gasteiger partial charge in [-0.1, -0.05) is 24.3 Å². The molecule has 21 heavy (non-hydrogen) atoms. The minimum Gasteiger partial charge on any atom is -0.497 e. The molecule has 2 unspecified atom stereocenters. The molecule has 0 radical (unpaired) electrons. The lowest BCUT2D eigenvalue weighted by atomic mass is 10.1. The van der Waals surface area contributed by atoms with E-state index < -0.39 is 0 Å². The predicted molar refractivity (Wildman–Crippen MR) is 80.1 cm³/mol. The first-order chi connectivity index (χ1) is 10.2. The van der Waals surface area contributed by atoms with Gasteiger partial charge in [-0.3, -0.25) is 4.79 Å². The summed E-state index contributed by atoms with van der Waals surface area (Å²) in [6, 6.07) is 8.01. The number of aliphatic hydroxyl groups is 1. The normalized spacial score (nSPS) is 30.2. The fourth-order valence-corrected chi connectivity index (χ4v) is 3.03. The van der Waals surface area contributed by atoms with Gasteiger partial charge in [0.15, 0.2) is 0 Å². The Morgan fingerprint density at radius 2 is 2.24 bits per heavy atom. The number of aliphatic hydroxyl groups excluding tert-OH is 1. The number of carbonyl (C=O) groups is 1. The summed E-state index contributed by atoms with van der Waals surface area (Å²) in [7, 11) is 1.65. The Morgan fingerprint density at radius 1 is 1.38 bits per heavy atom. The SMILES string of the molecule is COc1cccc(C2CC2C(=O)N[C@@H]2C=C[C@H](CO)C2)c1. The van der Waals surface area contributed by atoms with Gasteiger partial charge in [-0.25, -0.2) is 0 Å². The van der Waals surface area contributed by atoms with Crippen molar-refractivity contribution in [3.05, 3.63) is 42.0 Å². The van der Waals surface area contributed by atoms with E-state index in [1.54, 1.807) is 7.11 Å². The highest BCUT2D eigenvalue weighted by atomic mass is 16.5. The minimum absolute atomic E-state index is 0.0682. The number of nitrogens with one attached hydrogen (secondary N) is 1. The van der Waals surface area contributed by atoms with E-state index >= 15 is 0 Å². The first-order valence-corrected chi connectivity index (χ1v) is 7.44. The molecule has 112 valence electrons. The molecular weight excluding hydrogens is 266 g/mol. The summed E-state index contributed by atoms with van der Waals surface area (Å²) in [5, 5.41) is 12.2. The van der Waals surface area contributed by atoms with Crippen LogP contribution in [0.25, 0.3) is 0 Å². The number of carbonyl (C=O) groups excluding carboxylic acids is 1. The molecule has 2 aliphatic carbocycles. The van der Waals surface area contributed by atoms with Gasteiger partial charge < -0.3 is 15.2 Å². The summed E-state index contributed by atoms with van der Waals surface area (Å²) in [6.45, 7) is 0.152. The van der Waals surface area contributed by atoms with Gasteiger partial charge in [0.05, 0.1) is 7.11 Å². The number of benzene rings is 1. The largest absolute Gasteiger partial charge is 0.497 e. The van der Waals surface area contributed by atoms with Crippen LogP contribution in [0.1, 0.15) is 24.3 Å². The molecule has 0 heterocycles. The summed E-state index contributed by atoms with van der Waals surface area (Å²) >= 11 is 0. The van der Waals surface area contributed by atoms with E-state index in [9.17, 15) is 4.79 Å². The molecule has 0 bridgehead atoms. The number of hydrogen-bond acceptors (Lipinski definition) is 3. The minimum atomic E-state index is 0.0682. The van der Waals surface area contributed by atoms with Crippen molar-refractivity contribution in [1.29, 1.82) is 0 Å². The molecule has 1 fully saturated rings. The van der Waals surface area contributed by atoms with Gasteiger partial charge in [-0.05, 0) is 36.5 Å². The predicted octanol–water partition coefficient (Wildman–Crippen LogP) is 1.85. The zero-order valence-corrected chi connectivity index (χ0v) is 12.2.